The van der Waals surface area contributed by atoms with Crippen LogP contribution in [0.2, 0.25) is 0 Å². The van der Waals surface area contributed by atoms with Crippen molar-refractivity contribution in [1.82, 2.24) is 20.2 Å². The molecule has 1 fully saturated rings. The van der Waals surface area contributed by atoms with E-state index in [2.05, 4.69) is 39.3 Å². The van der Waals surface area contributed by atoms with Gasteiger partial charge in [0.05, 0.1) is 6.42 Å². The second kappa shape index (κ2) is 10.7. The number of carbonyl (C=O) groups is 2. The van der Waals surface area contributed by atoms with E-state index >= 15 is 0 Å². The van der Waals surface area contributed by atoms with Crippen LogP contribution in [0.25, 0.3) is 0 Å². The van der Waals surface area contributed by atoms with Gasteiger partial charge in [0.15, 0.2) is 0 Å². The summed E-state index contributed by atoms with van der Waals surface area (Å²) in [4.78, 5) is 38.2. The molecule has 0 atom stereocenters. The Kier molecular flexibility index (Phi) is 7.54. The smallest absolute Gasteiger partial charge is 0.251 e. The number of benzene rings is 1. The van der Waals surface area contributed by atoms with Gasteiger partial charge in [0.1, 0.15) is 5.82 Å². The van der Waals surface area contributed by atoms with E-state index in [1.54, 1.807) is 18.3 Å². The van der Waals surface area contributed by atoms with Gasteiger partial charge in [0, 0.05) is 42.1 Å². The summed E-state index contributed by atoms with van der Waals surface area (Å²) in [6, 6.07) is 7.44. The molecular formula is C25H34N6O2. The maximum absolute atomic E-state index is 12.5. The average Bonchev–Trinajstić information content (AvgIpc) is 3.16. The molecule has 0 aliphatic carbocycles. The van der Waals surface area contributed by atoms with Crippen LogP contribution in [0.15, 0.2) is 30.5 Å². The topological polar surface area (TPSA) is 90.5 Å². The third kappa shape index (κ3) is 5.50. The number of hydrogen-bond donors (Lipinski definition) is 2. The lowest BCUT2D eigenvalue weighted by Crippen LogP contribution is -2.37. The molecule has 2 N–H and O–H groups in total. The van der Waals surface area contributed by atoms with Gasteiger partial charge in [-0.1, -0.05) is 20.3 Å². The largest absolute Gasteiger partial charge is 0.351 e. The first-order valence-electron chi connectivity index (χ1n) is 12.1. The second-order valence-electron chi connectivity index (χ2n) is 8.81. The lowest BCUT2D eigenvalue weighted by atomic mass is 10.1. The van der Waals surface area contributed by atoms with E-state index in [0.717, 1.165) is 43.7 Å². The van der Waals surface area contributed by atoms with E-state index in [4.69, 9.17) is 0 Å². The first kappa shape index (κ1) is 23.2. The number of rotatable bonds is 9. The van der Waals surface area contributed by atoms with Gasteiger partial charge in [-0.05, 0) is 63.0 Å². The first-order chi connectivity index (χ1) is 16.1. The molecule has 1 aromatic heterocycles. The van der Waals surface area contributed by atoms with Gasteiger partial charge in [0.25, 0.3) is 5.91 Å². The molecule has 176 valence electrons. The van der Waals surface area contributed by atoms with Crippen LogP contribution in [0.3, 0.4) is 0 Å². The normalized spacial score (nSPS) is 16.2. The van der Waals surface area contributed by atoms with E-state index in [9.17, 15) is 9.59 Å². The minimum absolute atomic E-state index is 0.0633. The third-order valence-corrected chi connectivity index (χ3v) is 6.55. The van der Waals surface area contributed by atoms with Gasteiger partial charge in [0.2, 0.25) is 11.9 Å². The number of nitrogens with one attached hydrogen (secondary N) is 2. The molecule has 2 aliphatic rings. The van der Waals surface area contributed by atoms with E-state index in [0.29, 0.717) is 30.3 Å². The van der Waals surface area contributed by atoms with Crippen molar-refractivity contribution < 1.29 is 9.59 Å². The Hall–Kier alpha value is -3.00. The zero-order chi connectivity index (χ0) is 23.2. The number of carbonyl (C=O) groups excluding carboxylic acids is 2. The van der Waals surface area contributed by atoms with Crippen molar-refractivity contribution in [2.75, 3.05) is 36.4 Å². The molecule has 0 spiro atoms. The molecule has 2 aromatic rings. The molecule has 33 heavy (non-hydrogen) atoms. The van der Waals surface area contributed by atoms with Crippen LogP contribution in [0.4, 0.5) is 17.5 Å². The van der Waals surface area contributed by atoms with E-state index in [1.165, 1.54) is 19.3 Å². The number of amides is 2. The predicted octanol–water partition coefficient (Wildman–Crippen LogP) is 3.51. The van der Waals surface area contributed by atoms with Crippen LogP contribution in [-0.2, 0) is 11.2 Å². The zero-order valence-corrected chi connectivity index (χ0v) is 19.6. The fourth-order valence-electron chi connectivity index (χ4n) is 4.63. The number of anilines is 3. The molecule has 8 heteroatoms. The van der Waals surface area contributed by atoms with Crippen molar-refractivity contribution in [1.29, 1.82) is 0 Å². The monoisotopic (exact) mass is 450 g/mol. The number of hydrogen-bond acceptors (Lipinski definition) is 6. The molecular weight excluding hydrogens is 416 g/mol. The summed E-state index contributed by atoms with van der Waals surface area (Å²) in [5.74, 6) is 1.17. The van der Waals surface area contributed by atoms with Crippen molar-refractivity contribution in [3.05, 3.63) is 41.6 Å². The highest BCUT2D eigenvalue weighted by Crippen LogP contribution is 2.31. The first-order valence-corrected chi connectivity index (χ1v) is 12.1. The van der Waals surface area contributed by atoms with Crippen molar-refractivity contribution in [2.45, 2.75) is 58.4 Å². The maximum atomic E-state index is 12.5. The molecule has 3 heterocycles. The lowest BCUT2D eigenvalue weighted by Gasteiger charge is -2.26. The van der Waals surface area contributed by atoms with Crippen molar-refractivity contribution in [3.63, 3.8) is 0 Å². The van der Waals surface area contributed by atoms with Gasteiger partial charge in [-0.15, -0.1) is 0 Å². The predicted molar refractivity (Wildman–Crippen MR) is 130 cm³/mol. The van der Waals surface area contributed by atoms with Crippen LogP contribution in [0, 0.1) is 0 Å². The van der Waals surface area contributed by atoms with Crippen LogP contribution >= 0.6 is 0 Å². The van der Waals surface area contributed by atoms with E-state index in [1.807, 2.05) is 17.0 Å². The van der Waals surface area contributed by atoms with Gasteiger partial charge >= 0.3 is 0 Å². The molecule has 0 saturated carbocycles. The number of likely N-dealkylation sites (tertiary alicyclic amines) is 1. The Labute approximate surface area is 195 Å². The molecule has 1 saturated heterocycles. The Bertz CT molecular complexity index is 967. The van der Waals surface area contributed by atoms with Crippen molar-refractivity contribution in [2.24, 2.45) is 0 Å². The molecule has 8 nitrogen and oxygen atoms in total. The second-order valence-corrected chi connectivity index (χ2v) is 8.81. The van der Waals surface area contributed by atoms with Crippen LogP contribution in [0.5, 0.6) is 0 Å². The third-order valence-electron chi connectivity index (χ3n) is 6.55. The minimum Gasteiger partial charge on any atom is -0.351 e. The maximum Gasteiger partial charge on any atom is 0.251 e. The molecule has 0 unspecified atom stereocenters. The minimum atomic E-state index is -0.0633. The van der Waals surface area contributed by atoms with Crippen molar-refractivity contribution in [3.8, 4) is 0 Å². The SMILES string of the molecule is CCC(CC)N1C(=O)Cc2cnc(Nc3ccc(C(=O)NCCN4CCCCC4)cc3)nc21. The number of piperidine rings is 1. The van der Waals surface area contributed by atoms with Gasteiger partial charge in [-0.2, -0.15) is 4.98 Å². The highest BCUT2D eigenvalue weighted by atomic mass is 16.2. The summed E-state index contributed by atoms with van der Waals surface area (Å²) >= 11 is 0. The molecule has 0 radical (unpaired) electrons. The molecule has 2 aliphatic heterocycles. The van der Waals surface area contributed by atoms with Crippen LogP contribution < -0.4 is 15.5 Å². The summed E-state index contributed by atoms with van der Waals surface area (Å²) in [6.45, 7) is 8.00. The lowest BCUT2D eigenvalue weighted by molar-refractivity contribution is -0.117. The van der Waals surface area contributed by atoms with Gasteiger partial charge < -0.3 is 15.5 Å². The average molecular weight is 451 g/mol. The fraction of sp³-hybridized carbons (Fsp3) is 0.520. The fourth-order valence-corrected chi connectivity index (χ4v) is 4.63. The molecule has 1 aromatic carbocycles. The highest BCUT2D eigenvalue weighted by Gasteiger charge is 2.33. The summed E-state index contributed by atoms with van der Waals surface area (Å²) in [6.07, 6.45) is 7.67. The highest BCUT2D eigenvalue weighted by molar-refractivity contribution is 6.00. The molecule has 4 rings (SSSR count). The van der Waals surface area contributed by atoms with Crippen LogP contribution in [-0.4, -0.2) is 58.9 Å². The molecule has 0 bridgehead atoms. The van der Waals surface area contributed by atoms with E-state index in [-0.39, 0.29) is 17.9 Å². The number of fused-ring (bicyclic) bond motifs is 1. The number of nitrogens with zero attached hydrogens (tertiary/aromatic N) is 4. The summed E-state index contributed by atoms with van der Waals surface area (Å²) in [5, 5.41) is 6.21. The Morgan fingerprint density at radius 2 is 1.82 bits per heavy atom. The Morgan fingerprint density at radius 3 is 2.52 bits per heavy atom. The Balaban J connectivity index is 1.35. The summed E-state index contributed by atoms with van der Waals surface area (Å²) in [5.41, 5.74) is 2.28. The van der Waals surface area contributed by atoms with Crippen molar-refractivity contribution >= 4 is 29.3 Å². The van der Waals surface area contributed by atoms with Gasteiger partial charge in [-0.25, -0.2) is 4.98 Å². The molecule has 2 amide bonds. The number of aromatic nitrogens is 2. The van der Waals surface area contributed by atoms with Crippen LogP contribution in [0.1, 0.15) is 61.9 Å². The van der Waals surface area contributed by atoms with Gasteiger partial charge in [-0.3, -0.25) is 14.5 Å². The van der Waals surface area contributed by atoms with E-state index < -0.39 is 0 Å². The summed E-state index contributed by atoms with van der Waals surface area (Å²) < 4.78 is 0. The quantitative estimate of drug-likeness (QED) is 0.608. The summed E-state index contributed by atoms with van der Waals surface area (Å²) in [7, 11) is 0. The standard InChI is InChI=1S/C25H34N6O2/c1-3-21(4-2)31-22(32)16-19-17-27-25(29-23(19)31)28-20-10-8-18(9-11-20)24(33)26-12-15-30-13-6-5-7-14-30/h8-11,17,21H,3-7,12-16H2,1-2H3,(H,26,33)(H,27,28,29). The zero-order valence-electron chi connectivity index (χ0n) is 19.6. The Morgan fingerprint density at radius 1 is 1.09 bits per heavy atom.